The largest absolute Gasteiger partial charge is 0.744 e. The zero-order chi connectivity index (χ0) is 49.8. The van der Waals surface area contributed by atoms with Gasteiger partial charge in [-0.15, -0.1) is 23.2 Å². The number of alkyl halides is 2. The molecule has 5 aromatic carbocycles. The van der Waals surface area contributed by atoms with E-state index in [1.165, 1.54) is 79.7 Å². The second kappa shape index (κ2) is 24.1. The van der Waals surface area contributed by atoms with Gasteiger partial charge in [0.15, 0.2) is 0 Å². The molecule has 0 aliphatic rings. The summed E-state index contributed by atoms with van der Waals surface area (Å²) in [5, 5.41) is 2.48. The van der Waals surface area contributed by atoms with Crippen LogP contribution in [0.15, 0.2) is 131 Å². The fraction of sp³-hybridized carbons (Fsp3) is 0.259. The third-order valence-corrected chi connectivity index (χ3v) is 13.8. The summed E-state index contributed by atoms with van der Waals surface area (Å²) in [5.41, 5.74) is 14.0. The number of aromatic nitrogens is 2. The van der Waals surface area contributed by atoms with Crippen LogP contribution in [-0.2, 0) is 34.3 Å². The minimum atomic E-state index is -4.27. The molecular formula is C54H60Cl2N4O6S2. The second-order valence-electron chi connectivity index (χ2n) is 16.4. The Hall–Kier alpha value is -5.60. The van der Waals surface area contributed by atoms with Crippen molar-refractivity contribution in [3.63, 3.8) is 0 Å². The zero-order valence-corrected chi connectivity index (χ0v) is 43.1. The van der Waals surface area contributed by atoms with Gasteiger partial charge in [-0.3, -0.25) is 0 Å². The van der Waals surface area contributed by atoms with Crippen LogP contribution in [-0.4, -0.2) is 63.9 Å². The lowest BCUT2D eigenvalue weighted by Crippen LogP contribution is -2.34. The monoisotopic (exact) mass is 994 g/mol. The maximum atomic E-state index is 10.4. The van der Waals surface area contributed by atoms with E-state index in [2.05, 4.69) is 158 Å². The van der Waals surface area contributed by atoms with Crippen molar-refractivity contribution in [2.24, 2.45) is 14.1 Å². The third kappa shape index (κ3) is 14.0. The van der Waals surface area contributed by atoms with Crippen molar-refractivity contribution in [3.8, 4) is 0 Å². The summed E-state index contributed by atoms with van der Waals surface area (Å²) in [4.78, 5) is 4.27. The van der Waals surface area contributed by atoms with E-state index in [1.807, 2.05) is 13.8 Å². The summed E-state index contributed by atoms with van der Waals surface area (Å²) >= 11 is 12.0. The number of anilines is 2. The lowest BCUT2D eigenvalue weighted by atomic mass is 10.0. The Balaban J connectivity index is 0.000000319. The van der Waals surface area contributed by atoms with Gasteiger partial charge in [0.05, 0.1) is 20.6 Å². The summed E-state index contributed by atoms with van der Waals surface area (Å²) in [6.07, 6.45) is 8.85. The van der Waals surface area contributed by atoms with Crippen LogP contribution in [0, 0.1) is 27.7 Å². The van der Waals surface area contributed by atoms with Crippen molar-refractivity contribution < 1.29 is 35.1 Å². The summed E-state index contributed by atoms with van der Waals surface area (Å²) in [6, 6.07) is 38.3. The smallest absolute Gasteiger partial charge is 0.213 e. The molecule has 0 aliphatic heterocycles. The molecule has 68 heavy (non-hydrogen) atoms. The first kappa shape index (κ1) is 53.4. The molecule has 7 aromatic rings. The summed E-state index contributed by atoms with van der Waals surface area (Å²) < 4.78 is 66.9. The molecular weight excluding hydrogens is 936 g/mol. The van der Waals surface area contributed by atoms with Crippen molar-refractivity contribution >= 4 is 101 Å². The van der Waals surface area contributed by atoms with E-state index in [4.69, 9.17) is 23.2 Å². The number of nitrogens with zero attached hydrogens (tertiary/aromatic N) is 4. The molecule has 358 valence electrons. The van der Waals surface area contributed by atoms with E-state index < -0.39 is 20.2 Å². The Bertz CT molecular complexity index is 2930. The summed E-state index contributed by atoms with van der Waals surface area (Å²) in [7, 11) is -4.24. The maximum Gasteiger partial charge on any atom is 0.213 e. The summed E-state index contributed by atoms with van der Waals surface area (Å²) in [6.45, 7) is 15.9. The van der Waals surface area contributed by atoms with Crippen molar-refractivity contribution in [3.05, 3.63) is 166 Å². The number of benzene rings is 5. The Kier molecular flexibility index (Phi) is 18.9. The highest BCUT2D eigenvalue weighted by molar-refractivity contribution is 7.86. The maximum absolute atomic E-state index is 10.4. The number of fused-ring (bicyclic) bond motifs is 3. The molecule has 0 spiro atoms. The molecule has 0 aliphatic carbocycles. The van der Waals surface area contributed by atoms with Crippen LogP contribution in [0.3, 0.4) is 0 Å². The molecule has 0 amide bonds. The SMILES string of the molecule is CCN(CCCl)c1ccc(/C=C/c2ccc3c4ccc(/C=C/c5ccc(N(CC)CCCl)cc5C)[n+](C)c4ccc3[n+]2C)c(C)c1.Cc1ccc(S(=O)(=O)[O-])cc1.Cc1ccc(S(=O)(=O)[O-])cc1. The molecule has 0 fully saturated rings. The van der Waals surface area contributed by atoms with Crippen LogP contribution in [0.25, 0.3) is 46.1 Å². The fourth-order valence-corrected chi connectivity index (χ4v) is 9.06. The first-order chi connectivity index (χ1) is 32.3. The van der Waals surface area contributed by atoms with Crippen molar-refractivity contribution in [1.82, 2.24) is 0 Å². The molecule has 0 atom stereocenters. The lowest BCUT2D eigenvalue weighted by molar-refractivity contribution is -0.648. The topological polar surface area (TPSA) is 129 Å². The van der Waals surface area contributed by atoms with E-state index >= 15 is 0 Å². The fourth-order valence-electron chi connectivity index (χ4n) is 7.71. The van der Waals surface area contributed by atoms with Crippen molar-refractivity contribution in [2.45, 2.75) is 51.3 Å². The van der Waals surface area contributed by atoms with E-state index in [-0.39, 0.29) is 9.79 Å². The molecule has 2 aromatic heterocycles. The molecule has 0 radical (unpaired) electrons. The zero-order valence-electron chi connectivity index (χ0n) is 39.9. The predicted molar refractivity (Wildman–Crippen MR) is 280 cm³/mol. The van der Waals surface area contributed by atoms with Crippen molar-refractivity contribution in [2.75, 3.05) is 47.7 Å². The highest BCUT2D eigenvalue weighted by Gasteiger charge is 2.18. The highest BCUT2D eigenvalue weighted by atomic mass is 35.5. The van der Waals surface area contributed by atoms with E-state index in [0.717, 1.165) is 48.7 Å². The quantitative estimate of drug-likeness (QED) is 0.0456. The van der Waals surface area contributed by atoms with E-state index in [9.17, 15) is 25.9 Å². The number of pyridine rings is 2. The number of rotatable bonds is 14. The standard InChI is InChI=1S/C40H46Cl2N4.2C7H8O3S/c1-7-45(25-23-41)35-15-11-31(29(3)27-35)9-13-33-17-19-37-38-20-18-34(44(6)40(38)22-21-39(37)43(33)5)14-10-32-12-16-36(28-30(32)4)46(8-2)26-24-42;2*1-6-2-4-7(5-3-6)11(8,9)10/h9-22,27-28H,7-8,23-26H2,1-6H3;2*2-5H,1H3,(H,8,9,10)/q+2;;/p-2. The summed E-state index contributed by atoms with van der Waals surface area (Å²) in [5.74, 6) is 1.25. The first-order valence-electron chi connectivity index (χ1n) is 22.3. The molecule has 0 saturated carbocycles. The van der Waals surface area contributed by atoms with Crippen LogP contribution >= 0.6 is 23.2 Å². The minimum absolute atomic E-state index is 0.178. The minimum Gasteiger partial charge on any atom is -0.744 e. The van der Waals surface area contributed by atoms with Crippen LogP contribution in [0.1, 0.15) is 58.6 Å². The number of hydrogen-bond acceptors (Lipinski definition) is 8. The van der Waals surface area contributed by atoms with Gasteiger partial charge in [0.25, 0.3) is 0 Å². The van der Waals surface area contributed by atoms with Gasteiger partial charge in [-0.1, -0.05) is 47.5 Å². The van der Waals surface area contributed by atoms with Gasteiger partial charge >= 0.3 is 0 Å². The second-order valence-corrected chi connectivity index (χ2v) is 19.9. The lowest BCUT2D eigenvalue weighted by Gasteiger charge is -2.22. The molecule has 7 rings (SSSR count). The molecule has 0 N–H and O–H groups in total. The predicted octanol–water partition coefficient (Wildman–Crippen LogP) is 10.5. The molecule has 2 heterocycles. The average molecular weight is 996 g/mol. The normalized spacial score (nSPS) is 11.7. The Labute approximate surface area is 412 Å². The van der Waals surface area contributed by atoms with Crippen LogP contribution in [0.2, 0.25) is 0 Å². The van der Waals surface area contributed by atoms with Gasteiger partial charge in [-0.05, 0) is 137 Å². The molecule has 0 bridgehead atoms. The first-order valence-corrected chi connectivity index (χ1v) is 26.2. The van der Waals surface area contributed by atoms with Gasteiger partial charge in [0.2, 0.25) is 22.4 Å². The number of halogens is 2. The number of aryl methyl sites for hydroxylation is 6. The van der Waals surface area contributed by atoms with Gasteiger partial charge < -0.3 is 18.9 Å². The molecule has 10 nitrogen and oxygen atoms in total. The van der Waals surface area contributed by atoms with Crippen LogP contribution in [0.4, 0.5) is 11.4 Å². The van der Waals surface area contributed by atoms with Gasteiger partial charge in [0, 0.05) is 85.7 Å². The molecule has 0 saturated heterocycles. The third-order valence-electron chi connectivity index (χ3n) is 11.8. The van der Waals surface area contributed by atoms with E-state index in [1.54, 1.807) is 24.3 Å². The number of hydrogen-bond donors (Lipinski definition) is 0. The van der Waals surface area contributed by atoms with Crippen LogP contribution in [0.5, 0.6) is 0 Å². The Morgan fingerprint density at radius 2 is 0.853 bits per heavy atom. The van der Waals surface area contributed by atoms with Gasteiger partial charge in [-0.2, -0.15) is 9.13 Å². The highest BCUT2D eigenvalue weighted by Crippen LogP contribution is 2.26. The van der Waals surface area contributed by atoms with Gasteiger partial charge in [0.1, 0.15) is 34.3 Å². The van der Waals surface area contributed by atoms with Gasteiger partial charge in [-0.25, -0.2) is 16.8 Å². The molecule has 0 unspecified atom stereocenters. The Morgan fingerprint density at radius 3 is 1.15 bits per heavy atom. The Morgan fingerprint density at radius 1 is 0.500 bits per heavy atom. The average Bonchev–Trinajstić information content (AvgIpc) is 3.30. The van der Waals surface area contributed by atoms with Crippen LogP contribution < -0.4 is 18.9 Å². The van der Waals surface area contributed by atoms with Crippen molar-refractivity contribution in [1.29, 1.82) is 0 Å². The molecule has 14 heteroatoms. The van der Waals surface area contributed by atoms with E-state index in [0.29, 0.717) is 11.8 Å².